The van der Waals surface area contributed by atoms with Gasteiger partial charge in [0.2, 0.25) is 0 Å². The summed E-state index contributed by atoms with van der Waals surface area (Å²) in [4.78, 5) is 22.6. The molecular weight excluding hydrogens is 328 g/mol. The molecule has 0 unspecified atom stereocenters. The minimum absolute atomic E-state index is 0.0359. The van der Waals surface area contributed by atoms with Crippen LogP contribution in [0.5, 0.6) is 0 Å². The second-order valence-electron chi connectivity index (χ2n) is 7.40. The van der Waals surface area contributed by atoms with Gasteiger partial charge >= 0.3 is 5.97 Å². The van der Waals surface area contributed by atoms with Crippen molar-refractivity contribution in [2.45, 2.75) is 90.4 Å². The molecular formula is C22H36O4. The van der Waals surface area contributed by atoms with Crippen LogP contribution in [0.3, 0.4) is 0 Å². The predicted octanol–water partition coefficient (Wildman–Crippen LogP) is 5.98. The zero-order chi connectivity index (χ0) is 19.2. The molecule has 1 fully saturated rings. The Balaban J connectivity index is 2.33. The zero-order valence-electron chi connectivity index (χ0n) is 16.3. The quantitative estimate of drug-likeness (QED) is 0.226. The minimum atomic E-state index is -0.773. The number of hydrogen-bond donors (Lipinski definition) is 2. The average molecular weight is 365 g/mol. The Hall–Kier alpha value is -1.58. The number of carbonyl (C=O) groups is 2. The highest BCUT2D eigenvalue weighted by atomic mass is 16.4. The number of carboxylic acid groups (broad SMARTS) is 1. The second-order valence-corrected chi connectivity index (χ2v) is 7.40. The van der Waals surface area contributed by atoms with E-state index in [1.54, 1.807) is 0 Å². The van der Waals surface area contributed by atoms with E-state index >= 15 is 0 Å². The van der Waals surface area contributed by atoms with Gasteiger partial charge in [-0.05, 0) is 44.6 Å². The summed E-state index contributed by atoms with van der Waals surface area (Å²) in [5.74, 6) is -0.291. The van der Waals surface area contributed by atoms with Gasteiger partial charge in [0.25, 0.3) is 0 Å². The van der Waals surface area contributed by atoms with E-state index in [9.17, 15) is 14.7 Å². The van der Waals surface area contributed by atoms with Gasteiger partial charge < -0.3 is 10.2 Å². The lowest BCUT2D eigenvalue weighted by molar-refractivity contribution is -0.137. The Labute approximate surface area is 158 Å². The van der Waals surface area contributed by atoms with Crippen molar-refractivity contribution >= 4 is 11.8 Å². The Bertz CT molecular complexity index is 479. The number of Topliss-reactive ketones (excluding diaryl/α,β-unsaturated/α-hetero) is 1. The molecule has 0 spiro atoms. The number of carbonyl (C=O) groups excluding carboxylic acids is 1. The van der Waals surface area contributed by atoms with Crippen molar-refractivity contribution in [1.82, 2.24) is 0 Å². The number of unbranched alkanes of at least 4 members (excludes halogenated alkanes) is 7. The van der Waals surface area contributed by atoms with Gasteiger partial charge in [0.05, 0.1) is 5.76 Å². The second kappa shape index (κ2) is 13.6. The van der Waals surface area contributed by atoms with E-state index in [0.717, 1.165) is 25.7 Å². The van der Waals surface area contributed by atoms with Crippen LogP contribution in [0.2, 0.25) is 0 Å². The summed E-state index contributed by atoms with van der Waals surface area (Å²) < 4.78 is 0. The van der Waals surface area contributed by atoms with Gasteiger partial charge in [0.15, 0.2) is 0 Å². The maximum absolute atomic E-state index is 12.1. The summed E-state index contributed by atoms with van der Waals surface area (Å²) in [5, 5.41) is 19.0. The van der Waals surface area contributed by atoms with Crippen LogP contribution in [0, 0.1) is 11.8 Å². The lowest BCUT2D eigenvalue weighted by atomic mass is 9.89. The fraction of sp³-hybridized carbons (Fsp3) is 0.727. The molecule has 0 aromatic rings. The first-order valence-corrected chi connectivity index (χ1v) is 10.3. The van der Waals surface area contributed by atoms with E-state index in [1.807, 2.05) is 18.2 Å². The molecule has 0 heterocycles. The molecule has 148 valence electrons. The fourth-order valence-corrected chi connectivity index (χ4v) is 3.62. The molecule has 0 aromatic heterocycles. The molecule has 1 aliphatic carbocycles. The summed E-state index contributed by atoms with van der Waals surface area (Å²) in [7, 11) is 0. The first kappa shape index (κ1) is 22.5. The molecule has 2 atom stereocenters. The molecule has 0 amide bonds. The highest BCUT2D eigenvalue weighted by Crippen LogP contribution is 2.36. The standard InChI is InChI=1S/C22H36O4/c1-2-3-4-5-6-7-11-14-20(23)19-16-17-21(24)18(19)13-10-8-9-12-15-22(25)26/h8,10,14,18-19,23H,2-7,9,11-13,15-17H2,1H3,(H,25,26)/b10-8?,20-14+/t18-,19-/m0/s1. The predicted molar refractivity (Wildman–Crippen MR) is 105 cm³/mol. The molecule has 1 aliphatic rings. The number of rotatable bonds is 14. The summed E-state index contributed by atoms with van der Waals surface area (Å²) in [6.07, 6.45) is 17.6. The first-order valence-electron chi connectivity index (χ1n) is 10.3. The van der Waals surface area contributed by atoms with Crippen molar-refractivity contribution in [2.24, 2.45) is 11.8 Å². The number of aliphatic hydroxyl groups excluding tert-OH is 1. The molecule has 2 N–H and O–H groups in total. The van der Waals surface area contributed by atoms with E-state index in [0.29, 0.717) is 25.0 Å². The number of carboxylic acids is 1. The number of ketones is 1. The Morgan fingerprint density at radius 3 is 2.50 bits per heavy atom. The number of aliphatic carboxylic acids is 1. The zero-order valence-corrected chi connectivity index (χ0v) is 16.3. The van der Waals surface area contributed by atoms with Gasteiger partial charge in [-0.3, -0.25) is 9.59 Å². The minimum Gasteiger partial charge on any atom is -0.512 e. The van der Waals surface area contributed by atoms with Gasteiger partial charge in [0.1, 0.15) is 5.78 Å². The van der Waals surface area contributed by atoms with E-state index in [1.165, 1.54) is 32.1 Å². The van der Waals surface area contributed by atoms with E-state index in [2.05, 4.69) is 6.92 Å². The fourth-order valence-electron chi connectivity index (χ4n) is 3.62. The maximum Gasteiger partial charge on any atom is 0.303 e. The van der Waals surface area contributed by atoms with Crippen LogP contribution in [0.15, 0.2) is 24.0 Å². The van der Waals surface area contributed by atoms with Crippen LogP contribution in [-0.4, -0.2) is 22.0 Å². The monoisotopic (exact) mass is 364 g/mol. The van der Waals surface area contributed by atoms with E-state index < -0.39 is 5.97 Å². The van der Waals surface area contributed by atoms with Gasteiger partial charge in [-0.1, -0.05) is 51.2 Å². The van der Waals surface area contributed by atoms with Crippen LogP contribution in [-0.2, 0) is 9.59 Å². The molecule has 0 aromatic carbocycles. The topological polar surface area (TPSA) is 74.6 Å². The average Bonchev–Trinajstić information content (AvgIpc) is 2.97. The van der Waals surface area contributed by atoms with Crippen LogP contribution >= 0.6 is 0 Å². The Morgan fingerprint density at radius 1 is 1.04 bits per heavy atom. The number of aliphatic hydroxyl groups is 1. The van der Waals surface area contributed by atoms with Gasteiger partial charge in [0, 0.05) is 24.7 Å². The van der Waals surface area contributed by atoms with Crippen molar-refractivity contribution in [2.75, 3.05) is 0 Å². The molecule has 1 rings (SSSR count). The van der Waals surface area contributed by atoms with Crippen LogP contribution in [0.1, 0.15) is 90.4 Å². The lowest BCUT2D eigenvalue weighted by Crippen LogP contribution is -2.16. The largest absolute Gasteiger partial charge is 0.512 e. The third-order valence-electron chi connectivity index (χ3n) is 5.21. The maximum atomic E-state index is 12.1. The number of hydrogen-bond acceptors (Lipinski definition) is 3. The Kier molecular flexibility index (Phi) is 11.7. The molecule has 1 saturated carbocycles. The van der Waals surface area contributed by atoms with Crippen molar-refractivity contribution in [3.63, 3.8) is 0 Å². The third kappa shape index (κ3) is 9.21. The summed E-state index contributed by atoms with van der Waals surface area (Å²) in [5.41, 5.74) is 0. The normalized spacial score (nSPS) is 21.0. The van der Waals surface area contributed by atoms with Gasteiger partial charge in [-0.15, -0.1) is 0 Å². The summed E-state index contributed by atoms with van der Waals surface area (Å²) in [6, 6.07) is 0. The van der Waals surface area contributed by atoms with Crippen LogP contribution < -0.4 is 0 Å². The number of allylic oxidation sites excluding steroid dienone is 4. The van der Waals surface area contributed by atoms with Crippen molar-refractivity contribution in [3.05, 3.63) is 24.0 Å². The van der Waals surface area contributed by atoms with Gasteiger partial charge in [-0.25, -0.2) is 0 Å². The van der Waals surface area contributed by atoms with Crippen LogP contribution in [0.25, 0.3) is 0 Å². The van der Waals surface area contributed by atoms with E-state index in [4.69, 9.17) is 5.11 Å². The van der Waals surface area contributed by atoms with Gasteiger partial charge in [-0.2, -0.15) is 0 Å². The molecule has 4 heteroatoms. The first-order chi connectivity index (χ1) is 12.6. The summed E-state index contributed by atoms with van der Waals surface area (Å²) >= 11 is 0. The molecule has 0 aliphatic heterocycles. The molecule has 0 radical (unpaired) electrons. The molecule has 4 nitrogen and oxygen atoms in total. The highest BCUT2D eigenvalue weighted by Gasteiger charge is 2.35. The Morgan fingerprint density at radius 2 is 1.77 bits per heavy atom. The van der Waals surface area contributed by atoms with Crippen molar-refractivity contribution in [3.8, 4) is 0 Å². The molecule has 0 saturated heterocycles. The smallest absolute Gasteiger partial charge is 0.303 e. The SMILES string of the molecule is CCCCCCCC/C=C(/O)[C@H]1CCC(=O)[C@H]1CC=CCCCC(=O)O. The lowest BCUT2D eigenvalue weighted by Gasteiger charge is -2.16. The van der Waals surface area contributed by atoms with Crippen LogP contribution in [0.4, 0.5) is 0 Å². The van der Waals surface area contributed by atoms with Crippen molar-refractivity contribution in [1.29, 1.82) is 0 Å². The molecule has 26 heavy (non-hydrogen) atoms. The van der Waals surface area contributed by atoms with E-state index in [-0.39, 0.29) is 24.0 Å². The highest BCUT2D eigenvalue weighted by molar-refractivity contribution is 5.84. The third-order valence-corrected chi connectivity index (χ3v) is 5.21. The van der Waals surface area contributed by atoms with Crippen molar-refractivity contribution < 1.29 is 19.8 Å². The summed E-state index contributed by atoms with van der Waals surface area (Å²) in [6.45, 7) is 2.21. The molecule has 0 bridgehead atoms.